The van der Waals surface area contributed by atoms with Gasteiger partial charge < -0.3 is 19.8 Å². The van der Waals surface area contributed by atoms with Gasteiger partial charge in [0.2, 0.25) is 5.91 Å². The number of rotatable bonds is 12. The molecule has 8 heteroatoms. The SMILES string of the molecule is CCc1ccc(-c2cccnc2C(Cc2cc(F)cc(F)c2)NC(=O)Cc2c[nH]c3cc(OC)c(OCc4ccccc4)cc23)cc1. The van der Waals surface area contributed by atoms with E-state index in [-0.39, 0.29) is 18.7 Å². The van der Waals surface area contributed by atoms with Crippen molar-refractivity contribution in [2.75, 3.05) is 7.11 Å². The number of benzene rings is 4. The van der Waals surface area contributed by atoms with Crippen LogP contribution >= 0.6 is 0 Å². The first kappa shape index (κ1) is 31.5. The predicted octanol–water partition coefficient (Wildman–Crippen LogP) is 8.30. The van der Waals surface area contributed by atoms with Crippen LogP contribution in [0.15, 0.2) is 109 Å². The van der Waals surface area contributed by atoms with Gasteiger partial charge in [-0.05, 0) is 64.9 Å². The fraction of sp³-hybridized carbons (Fsp3) is 0.179. The molecule has 47 heavy (non-hydrogen) atoms. The number of nitrogens with zero attached hydrogens (tertiary/aromatic N) is 1. The van der Waals surface area contributed by atoms with E-state index < -0.39 is 17.7 Å². The van der Waals surface area contributed by atoms with E-state index in [1.807, 2.05) is 66.7 Å². The van der Waals surface area contributed by atoms with Crippen LogP contribution in [-0.2, 0) is 30.7 Å². The molecule has 6 aromatic rings. The molecule has 1 atom stereocenters. The number of aromatic amines is 1. The van der Waals surface area contributed by atoms with E-state index in [9.17, 15) is 13.6 Å². The van der Waals surface area contributed by atoms with Gasteiger partial charge in [-0.25, -0.2) is 8.78 Å². The molecule has 0 spiro atoms. The highest BCUT2D eigenvalue weighted by Gasteiger charge is 2.23. The fourth-order valence-corrected chi connectivity index (χ4v) is 5.80. The molecular formula is C39H35F2N3O3. The van der Waals surface area contributed by atoms with E-state index in [1.54, 1.807) is 19.5 Å². The summed E-state index contributed by atoms with van der Waals surface area (Å²) in [6, 6.07) is 28.2. The van der Waals surface area contributed by atoms with Crippen molar-refractivity contribution in [2.24, 2.45) is 0 Å². The molecule has 1 amide bonds. The number of ether oxygens (including phenoxy) is 2. The summed E-state index contributed by atoms with van der Waals surface area (Å²) in [6.07, 6.45) is 4.55. The number of halogens is 2. The third-order valence-corrected chi connectivity index (χ3v) is 8.18. The van der Waals surface area contributed by atoms with Gasteiger partial charge in [-0.3, -0.25) is 9.78 Å². The van der Waals surface area contributed by atoms with Crippen LogP contribution < -0.4 is 14.8 Å². The molecule has 0 aliphatic heterocycles. The number of methoxy groups -OCH3 is 1. The minimum absolute atomic E-state index is 0.0475. The Morgan fingerprint density at radius 2 is 1.64 bits per heavy atom. The summed E-state index contributed by atoms with van der Waals surface area (Å²) < 4.78 is 40.2. The van der Waals surface area contributed by atoms with Gasteiger partial charge in [0, 0.05) is 41.0 Å². The number of carbonyl (C=O) groups excluding carboxylic acids is 1. The second-order valence-electron chi connectivity index (χ2n) is 11.4. The number of amides is 1. The Morgan fingerprint density at radius 3 is 2.36 bits per heavy atom. The van der Waals surface area contributed by atoms with Crippen molar-refractivity contribution in [1.29, 1.82) is 0 Å². The zero-order valence-electron chi connectivity index (χ0n) is 26.2. The summed E-state index contributed by atoms with van der Waals surface area (Å²) >= 11 is 0. The standard InChI is InChI=1S/C39H35F2N3O3/c1-3-25-11-13-28(14-12-25)32-10-7-15-42-39(32)35(18-27-16-30(40)20-31(41)17-27)44-38(45)19-29-23-43-34-22-36(46-2)37(21-33(29)34)47-24-26-8-5-4-6-9-26/h4-17,20-23,35,43H,3,18-19,24H2,1-2H3,(H,44,45). The second-order valence-corrected chi connectivity index (χ2v) is 11.4. The van der Waals surface area contributed by atoms with Gasteiger partial charge in [-0.15, -0.1) is 0 Å². The second kappa shape index (κ2) is 14.3. The molecule has 6 nitrogen and oxygen atoms in total. The molecule has 2 aromatic heterocycles. The Hall–Kier alpha value is -5.50. The van der Waals surface area contributed by atoms with E-state index >= 15 is 0 Å². The number of H-pyrrole nitrogens is 1. The molecule has 0 aliphatic rings. The van der Waals surface area contributed by atoms with Gasteiger partial charge >= 0.3 is 0 Å². The van der Waals surface area contributed by atoms with Crippen LogP contribution in [0.3, 0.4) is 0 Å². The minimum Gasteiger partial charge on any atom is -0.493 e. The number of nitrogens with one attached hydrogen (secondary N) is 2. The minimum atomic E-state index is -0.680. The molecule has 238 valence electrons. The van der Waals surface area contributed by atoms with Crippen LogP contribution in [0.4, 0.5) is 8.78 Å². The van der Waals surface area contributed by atoms with E-state index in [2.05, 4.69) is 34.3 Å². The first-order valence-electron chi connectivity index (χ1n) is 15.5. The first-order chi connectivity index (χ1) is 22.9. The van der Waals surface area contributed by atoms with Crippen LogP contribution in [0.2, 0.25) is 0 Å². The van der Waals surface area contributed by atoms with Crippen molar-refractivity contribution in [2.45, 2.75) is 38.8 Å². The summed E-state index contributed by atoms with van der Waals surface area (Å²) in [7, 11) is 1.59. The van der Waals surface area contributed by atoms with E-state index in [1.165, 1.54) is 17.7 Å². The van der Waals surface area contributed by atoms with Crippen LogP contribution in [0.5, 0.6) is 11.5 Å². The quantitative estimate of drug-likeness (QED) is 0.143. The van der Waals surface area contributed by atoms with Gasteiger partial charge in [0.1, 0.15) is 18.2 Å². The number of aromatic nitrogens is 2. The molecule has 0 aliphatic carbocycles. The lowest BCUT2D eigenvalue weighted by molar-refractivity contribution is -0.121. The predicted molar refractivity (Wildman–Crippen MR) is 179 cm³/mol. The lowest BCUT2D eigenvalue weighted by atomic mass is 9.94. The Balaban J connectivity index is 1.29. The maximum Gasteiger partial charge on any atom is 0.225 e. The molecule has 0 fully saturated rings. The summed E-state index contributed by atoms with van der Waals surface area (Å²) in [5.41, 5.74) is 6.55. The summed E-state index contributed by atoms with van der Waals surface area (Å²) in [5.74, 6) is -0.498. The van der Waals surface area contributed by atoms with Gasteiger partial charge in [0.05, 0.1) is 25.3 Å². The van der Waals surface area contributed by atoms with Crippen molar-refractivity contribution < 1.29 is 23.0 Å². The van der Waals surface area contributed by atoms with Crippen molar-refractivity contribution in [1.82, 2.24) is 15.3 Å². The summed E-state index contributed by atoms with van der Waals surface area (Å²) in [5, 5.41) is 3.95. The molecule has 0 bridgehead atoms. The van der Waals surface area contributed by atoms with Crippen LogP contribution in [0.1, 0.15) is 40.9 Å². The number of fused-ring (bicyclic) bond motifs is 1. The lowest BCUT2D eigenvalue weighted by Gasteiger charge is -2.22. The maximum atomic E-state index is 14.2. The monoisotopic (exact) mass is 631 g/mol. The van der Waals surface area contributed by atoms with Crippen molar-refractivity contribution in [3.05, 3.63) is 149 Å². The van der Waals surface area contributed by atoms with Crippen molar-refractivity contribution >= 4 is 16.8 Å². The topological polar surface area (TPSA) is 76.2 Å². The zero-order valence-corrected chi connectivity index (χ0v) is 26.2. The average Bonchev–Trinajstić information content (AvgIpc) is 3.47. The summed E-state index contributed by atoms with van der Waals surface area (Å²) in [6.45, 7) is 2.45. The molecule has 2 N–H and O–H groups in total. The largest absolute Gasteiger partial charge is 0.493 e. The molecular weight excluding hydrogens is 596 g/mol. The zero-order chi connectivity index (χ0) is 32.8. The van der Waals surface area contributed by atoms with Gasteiger partial charge in [0.15, 0.2) is 11.5 Å². The van der Waals surface area contributed by atoms with E-state index in [0.717, 1.165) is 45.6 Å². The number of aryl methyl sites for hydroxylation is 1. The molecule has 0 saturated carbocycles. The van der Waals surface area contributed by atoms with Gasteiger partial charge in [-0.1, -0.05) is 67.6 Å². The van der Waals surface area contributed by atoms with Gasteiger partial charge in [0.25, 0.3) is 0 Å². The normalized spacial score (nSPS) is 11.7. The third-order valence-electron chi connectivity index (χ3n) is 8.18. The smallest absolute Gasteiger partial charge is 0.225 e. The first-order valence-corrected chi connectivity index (χ1v) is 15.5. The molecule has 1 unspecified atom stereocenters. The molecule has 4 aromatic carbocycles. The molecule has 6 rings (SSSR count). The Kier molecular flexibility index (Phi) is 9.57. The number of hydrogen-bond donors (Lipinski definition) is 2. The summed E-state index contributed by atoms with van der Waals surface area (Å²) in [4.78, 5) is 21.7. The third kappa shape index (κ3) is 7.49. The van der Waals surface area contributed by atoms with Crippen LogP contribution in [-0.4, -0.2) is 23.0 Å². The van der Waals surface area contributed by atoms with Crippen molar-refractivity contribution in [3.8, 4) is 22.6 Å². The van der Waals surface area contributed by atoms with Crippen molar-refractivity contribution in [3.63, 3.8) is 0 Å². The highest BCUT2D eigenvalue weighted by Crippen LogP contribution is 2.35. The number of hydrogen-bond acceptors (Lipinski definition) is 4. The highest BCUT2D eigenvalue weighted by molar-refractivity contribution is 5.91. The average molecular weight is 632 g/mol. The lowest BCUT2D eigenvalue weighted by Crippen LogP contribution is -2.32. The molecule has 2 heterocycles. The van der Waals surface area contributed by atoms with Crippen LogP contribution in [0, 0.1) is 11.6 Å². The number of pyridine rings is 1. The number of carbonyl (C=O) groups is 1. The fourth-order valence-electron chi connectivity index (χ4n) is 5.80. The highest BCUT2D eigenvalue weighted by atomic mass is 19.1. The van der Waals surface area contributed by atoms with E-state index in [0.29, 0.717) is 29.4 Å². The van der Waals surface area contributed by atoms with E-state index in [4.69, 9.17) is 9.47 Å². The van der Waals surface area contributed by atoms with Gasteiger partial charge in [-0.2, -0.15) is 0 Å². The Labute approximate surface area is 272 Å². The Morgan fingerprint density at radius 1 is 0.872 bits per heavy atom. The molecule has 0 saturated heterocycles. The molecule has 0 radical (unpaired) electrons. The maximum absolute atomic E-state index is 14.2. The van der Waals surface area contributed by atoms with Crippen LogP contribution in [0.25, 0.3) is 22.0 Å². The Bertz CT molecular complexity index is 1970.